The van der Waals surface area contributed by atoms with Gasteiger partial charge in [0.05, 0.1) is 26.9 Å². The van der Waals surface area contributed by atoms with Gasteiger partial charge in [0.2, 0.25) is 5.91 Å². The van der Waals surface area contributed by atoms with Gasteiger partial charge in [-0.15, -0.1) is 32.9 Å². The van der Waals surface area contributed by atoms with Crippen LogP contribution in [0.4, 0.5) is 0 Å². The second-order valence-electron chi connectivity index (χ2n) is 7.08. The molecule has 30 heavy (non-hydrogen) atoms. The Balaban J connectivity index is 1.30. The van der Waals surface area contributed by atoms with Crippen LogP contribution in [0.5, 0.6) is 0 Å². The Kier molecular flexibility index (Phi) is 5.58. The van der Waals surface area contributed by atoms with Crippen molar-refractivity contribution in [3.63, 3.8) is 0 Å². The average molecular weight is 456 g/mol. The standard InChI is InChI=1S/C21H21N5OS3/c1-2-25-19(17-10-6-12-28-17)23-24-21(25)29-13-18(27)26-11-5-8-15(26)20-22-14-7-3-4-9-16(14)30-20/h3-4,6-7,9-10,12,15H,2,5,8,11,13H2,1H3. The summed E-state index contributed by atoms with van der Waals surface area (Å²) in [6.07, 6.45) is 1.99. The molecule has 6 nitrogen and oxygen atoms in total. The first-order valence-electron chi connectivity index (χ1n) is 9.99. The summed E-state index contributed by atoms with van der Waals surface area (Å²) < 4.78 is 3.26. The summed E-state index contributed by atoms with van der Waals surface area (Å²) in [5.74, 6) is 1.38. The molecule has 1 aliphatic rings. The number of nitrogens with zero attached hydrogens (tertiary/aromatic N) is 5. The molecule has 154 valence electrons. The average Bonchev–Trinajstić information content (AvgIpc) is 3.55. The van der Waals surface area contributed by atoms with Gasteiger partial charge < -0.3 is 9.47 Å². The molecule has 0 N–H and O–H groups in total. The van der Waals surface area contributed by atoms with E-state index in [0.29, 0.717) is 5.75 Å². The first kappa shape index (κ1) is 19.7. The third kappa shape index (κ3) is 3.66. The molecule has 1 aliphatic heterocycles. The SMILES string of the molecule is CCn1c(SCC(=O)N2CCCC2c2nc3ccccc3s2)nnc1-c1cccs1. The minimum Gasteiger partial charge on any atom is -0.332 e. The molecule has 1 amide bonds. The number of carbonyl (C=O) groups excluding carboxylic acids is 1. The fourth-order valence-electron chi connectivity index (χ4n) is 3.83. The lowest BCUT2D eigenvalue weighted by molar-refractivity contribution is -0.129. The third-order valence-corrected chi connectivity index (χ3v) is 8.22. The summed E-state index contributed by atoms with van der Waals surface area (Å²) in [6.45, 7) is 3.64. The number of carbonyl (C=O) groups is 1. The number of para-hydroxylation sites is 1. The van der Waals surface area contributed by atoms with E-state index in [9.17, 15) is 4.79 Å². The van der Waals surface area contributed by atoms with E-state index in [-0.39, 0.29) is 11.9 Å². The topological polar surface area (TPSA) is 63.9 Å². The monoisotopic (exact) mass is 455 g/mol. The molecule has 1 atom stereocenters. The van der Waals surface area contributed by atoms with Crippen LogP contribution in [-0.2, 0) is 11.3 Å². The van der Waals surface area contributed by atoms with Gasteiger partial charge in [0.1, 0.15) is 5.01 Å². The number of fused-ring (bicyclic) bond motifs is 1. The van der Waals surface area contributed by atoms with Crippen molar-refractivity contribution in [1.29, 1.82) is 0 Å². The van der Waals surface area contributed by atoms with E-state index in [0.717, 1.165) is 52.3 Å². The fourth-order valence-corrected chi connectivity index (χ4v) is 6.55. The predicted molar refractivity (Wildman–Crippen MR) is 123 cm³/mol. The van der Waals surface area contributed by atoms with E-state index < -0.39 is 0 Å². The first-order chi connectivity index (χ1) is 14.7. The first-order valence-corrected chi connectivity index (χ1v) is 12.7. The number of benzene rings is 1. The predicted octanol–water partition coefficient (Wildman–Crippen LogP) is 5.09. The molecule has 0 saturated carbocycles. The van der Waals surface area contributed by atoms with Gasteiger partial charge in [-0.2, -0.15) is 0 Å². The number of thioether (sulfide) groups is 1. The van der Waals surface area contributed by atoms with Gasteiger partial charge in [0, 0.05) is 13.1 Å². The van der Waals surface area contributed by atoms with Crippen LogP contribution >= 0.6 is 34.4 Å². The Hall–Kier alpha value is -2.23. The van der Waals surface area contributed by atoms with Gasteiger partial charge in [-0.1, -0.05) is 30.0 Å². The molecule has 1 fully saturated rings. The molecule has 0 spiro atoms. The summed E-state index contributed by atoms with van der Waals surface area (Å²) >= 11 is 4.82. The van der Waals surface area contributed by atoms with Crippen molar-refractivity contribution in [3.05, 3.63) is 46.8 Å². The zero-order valence-corrected chi connectivity index (χ0v) is 19.0. The zero-order chi connectivity index (χ0) is 20.5. The number of likely N-dealkylation sites (tertiary alicyclic amines) is 1. The zero-order valence-electron chi connectivity index (χ0n) is 16.5. The van der Waals surface area contributed by atoms with E-state index >= 15 is 0 Å². The number of rotatable bonds is 6. The molecule has 5 rings (SSSR count). The fraction of sp³-hybridized carbons (Fsp3) is 0.333. The molecule has 4 aromatic rings. The Morgan fingerprint density at radius 1 is 1.23 bits per heavy atom. The Bertz CT molecular complexity index is 1130. The minimum absolute atomic E-state index is 0.0845. The van der Waals surface area contributed by atoms with Crippen molar-refractivity contribution < 1.29 is 4.79 Å². The maximum atomic E-state index is 13.1. The van der Waals surface area contributed by atoms with Crippen LogP contribution in [0.2, 0.25) is 0 Å². The molecular weight excluding hydrogens is 434 g/mol. The Labute approximate surface area is 187 Å². The molecule has 3 aromatic heterocycles. The number of thiophene rings is 1. The van der Waals surface area contributed by atoms with Crippen molar-refractivity contribution in [2.24, 2.45) is 0 Å². The maximum absolute atomic E-state index is 13.1. The van der Waals surface area contributed by atoms with Crippen molar-refractivity contribution in [3.8, 4) is 10.7 Å². The van der Waals surface area contributed by atoms with E-state index in [1.165, 1.54) is 16.5 Å². The van der Waals surface area contributed by atoms with Crippen LogP contribution in [0.1, 0.15) is 30.8 Å². The van der Waals surface area contributed by atoms with Crippen molar-refractivity contribution in [1.82, 2.24) is 24.6 Å². The smallest absolute Gasteiger partial charge is 0.233 e. The van der Waals surface area contributed by atoms with Gasteiger partial charge >= 0.3 is 0 Å². The Morgan fingerprint density at radius 3 is 2.93 bits per heavy atom. The number of thiazole rings is 1. The summed E-state index contributed by atoms with van der Waals surface area (Å²) in [7, 11) is 0. The van der Waals surface area contributed by atoms with Gasteiger partial charge in [0.25, 0.3) is 0 Å². The number of amides is 1. The molecule has 9 heteroatoms. The molecule has 1 saturated heterocycles. The summed E-state index contributed by atoms with van der Waals surface area (Å²) in [5, 5.41) is 12.6. The lowest BCUT2D eigenvalue weighted by Crippen LogP contribution is -2.32. The van der Waals surface area contributed by atoms with E-state index in [1.54, 1.807) is 22.7 Å². The van der Waals surface area contributed by atoms with Gasteiger partial charge in [0.15, 0.2) is 11.0 Å². The van der Waals surface area contributed by atoms with Crippen LogP contribution in [-0.4, -0.2) is 42.9 Å². The molecule has 1 unspecified atom stereocenters. The third-order valence-electron chi connectivity index (χ3n) is 5.27. The van der Waals surface area contributed by atoms with Gasteiger partial charge in [-0.3, -0.25) is 4.79 Å². The highest BCUT2D eigenvalue weighted by atomic mass is 32.2. The molecule has 0 bridgehead atoms. The summed E-state index contributed by atoms with van der Waals surface area (Å²) in [5.41, 5.74) is 1.02. The quantitative estimate of drug-likeness (QED) is 0.379. The number of hydrogen-bond donors (Lipinski definition) is 0. The lowest BCUT2D eigenvalue weighted by Gasteiger charge is -2.22. The normalized spacial score (nSPS) is 16.6. The number of aromatic nitrogens is 4. The molecule has 4 heterocycles. The second kappa shape index (κ2) is 8.49. The van der Waals surface area contributed by atoms with Crippen LogP contribution in [0, 0.1) is 0 Å². The summed E-state index contributed by atoms with van der Waals surface area (Å²) in [4.78, 5) is 21.0. The van der Waals surface area contributed by atoms with Crippen LogP contribution in [0.3, 0.4) is 0 Å². The molecule has 0 radical (unpaired) electrons. The van der Waals surface area contributed by atoms with Crippen LogP contribution in [0.15, 0.2) is 46.9 Å². The van der Waals surface area contributed by atoms with E-state index in [1.807, 2.05) is 40.6 Å². The Morgan fingerprint density at radius 2 is 2.13 bits per heavy atom. The highest BCUT2D eigenvalue weighted by molar-refractivity contribution is 7.99. The van der Waals surface area contributed by atoms with Crippen LogP contribution < -0.4 is 0 Å². The van der Waals surface area contributed by atoms with E-state index in [2.05, 4.69) is 27.8 Å². The van der Waals surface area contributed by atoms with Gasteiger partial charge in [-0.05, 0) is 43.3 Å². The number of hydrogen-bond acceptors (Lipinski definition) is 7. The highest BCUT2D eigenvalue weighted by Gasteiger charge is 2.32. The minimum atomic E-state index is 0.0845. The van der Waals surface area contributed by atoms with Crippen molar-refractivity contribution in [2.75, 3.05) is 12.3 Å². The highest BCUT2D eigenvalue weighted by Crippen LogP contribution is 2.37. The van der Waals surface area contributed by atoms with E-state index in [4.69, 9.17) is 4.98 Å². The largest absolute Gasteiger partial charge is 0.332 e. The molecule has 0 aliphatic carbocycles. The van der Waals surface area contributed by atoms with Crippen molar-refractivity contribution >= 4 is 50.6 Å². The second-order valence-corrected chi connectivity index (χ2v) is 10.0. The van der Waals surface area contributed by atoms with Crippen LogP contribution in [0.25, 0.3) is 20.9 Å². The maximum Gasteiger partial charge on any atom is 0.233 e. The summed E-state index contributed by atoms with van der Waals surface area (Å²) in [6, 6.07) is 12.3. The van der Waals surface area contributed by atoms with Crippen molar-refractivity contribution in [2.45, 2.75) is 37.5 Å². The van der Waals surface area contributed by atoms with Gasteiger partial charge in [-0.25, -0.2) is 4.98 Å². The molecule has 1 aromatic carbocycles. The molecular formula is C21H21N5OS3. The lowest BCUT2D eigenvalue weighted by atomic mass is 10.2.